The van der Waals surface area contributed by atoms with Gasteiger partial charge in [0, 0.05) is 38.2 Å². The van der Waals surface area contributed by atoms with Gasteiger partial charge in [0.05, 0.1) is 18.2 Å². The molecule has 41 heavy (non-hydrogen) atoms. The van der Waals surface area contributed by atoms with Gasteiger partial charge in [-0.1, -0.05) is 36.4 Å². The highest BCUT2D eigenvalue weighted by molar-refractivity contribution is 6.05. The molecule has 5 aliphatic rings. The summed E-state index contributed by atoms with van der Waals surface area (Å²) in [7, 11) is 0. The molecular formula is C32H36N4O5. The molecule has 5 aliphatic heterocycles. The Kier molecular flexibility index (Phi) is 6.66. The fourth-order valence-corrected chi connectivity index (χ4v) is 7.44. The summed E-state index contributed by atoms with van der Waals surface area (Å²) in [6.45, 7) is 4.27. The smallest absolute Gasteiger partial charge is 0.255 e. The van der Waals surface area contributed by atoms with E-state index < -0.39 is 6.04 Å². The molecule has 5 heterocycles. The van der Waals surface area contributed by atoms with E-state index in [0.29, 0.717) is 25.1 Å². The van der Waals surface area contributed by atoms with Crippen LogP contribution in [0.4, 0.5) is 0 Å². The van der Waals surface area contributed by atoms with E-state index in [4.69, 9.17) is 4.74 Å². The van der Waals surface area contributed by atoms with Crippen LogP contribution in [0.3, 0.4) is 0 Å². The SMILES string of the molecule is O=C1CCC(N2Cc3c(CCCN4CCC4C(=O)N4CCC5(CC4)OCc4ccccc45)cccc3C2=O)C(=O)N1. The van der Waals surface area contributed by atoms with Crippen molar-refractivity contribution in [1.82, 2.24) is 20.0 Å². The van der Waals surface area contributed by atoms with Crippen LogP contribution in [-0.4, -0.2) is 76.6 Å². The number of carbonyl (C=O) groups excluding carboxylic acids is 4. The van der Waals surface area contributed by atoms with Gasteiger partial charge in [0.25, 0.3) is 5.91 Å². The number of rotatable bonds is 6. The molecule has 2 aromatic carbocycles. The third-order valence-electron chi connectivity index (χ3n) is 9.88. The van der Waals surface area contributed by atoms with E-state index in [9.17, 15) is 19.2 Å². The van der Waals surface area contributed by atoms with Crippen molar-refractivity contribution in [2.45, 2.75) is 75.8 Å². The lowest BCUT2D eigenvalue weighted by Gasteiger charge is -2.45. The van der Waals surface area contributed by atoms with Gasteiger partial charge in [0.2, 0.25) is 17.7 Å². The highest BCUT2D eigenvalue weighted by atomic mass is 16.5. The molecule has 0 bridgehead atoms. The molecule has 0 saturated carbocycles. The van der Waals surface area contributed by atoms with Crippen molar-refractivity contribution < 1.29 is 23.9 Å². The van der Waals surface area contributed by atoms with Crippen LogP contribution < -0.4 is 5.32 Å². The van der Waals surface area contributed by atoms with Crippen molar-refractivity contribution in [2.75, 3.05) is 26.2 Å². The lowest BCUT2D eigenvalue weighted by Crippen LogP contribution is -2.59. The Labute approximate surface area is 239 Å². The van der Waals surface area contributed by atoms with Crippen molar-refractivity contribution in [2.24, 2.45) is 0 Å². The highest BCUT2D eigenvalue weighted by Crippen LogP contribution is 2.44. The maximum Gasteiger partial charge on any atom is 0.255 e. The Hall–Kier alpha value is -3.56. The fraction of sp³-hybridized carbons (Fsp3) is 0.500. The first-order valence-electron chi connectivity index (χ1n) is 14.9. The van der Waals surface area contributed by atoms with Crippen molar-refractivity contribution in [3.8, 4) is 0 Å². The number of imide groups is 1. The second kappa shape index (κ2) is 10.4. The first-order valence-corrected chi connectivity index (χ1v) is 14.9. The van der Waals surface area contributed by atoms with Crippen LogP contribution in [0.25, 0.3) is 0 Å². The van der Waals surface area contributed by atoms with Gasteiger partial charge >= 0.3 is 0 Å². The first-order chi connectivity index (χ1) is 19.9. The zero-order valence-corrected chi connectivity index (χ0v) is 23.3. The minimum Gasteiger partial charge on any atom is -0.365 e. The number of nitrogens with zero attached hydrogens (tertiary/aromatic N) is 3. The molecule has 0 aliphatic carbocycles. The molecule has 3 fully saturated rings. The van der Waals surface area contributed by atoms with Crippen molar-refractivity contribution >= 4 is 23.6 Å². The van der Waals surface area contributed by atoms with Gasteiger partial charge in [0.15, 0.2) is 0 Å². The van der Waals surface area contributed by atoms with Crippen LogP contribution in [0.1, 0.15) is 71.1 Å². The van der Waals surface area contributed by atoms with Gasteiger partial charge in [-0.2, -0.15) is 0 Å². The van der Waals surface area contributed by atoms with Gasteiger partial charge in [-0.25, -0.2) is 0 Å². The van der Waals surface area contributed by atoms with E-state index in [1.54, 1.807) is 4.90 Å². The van der Waals surface area contributed by atoms with Gasteiger partial charge in [-0.3, -0.25) is 29.4 Å². The molecule has 2 aromatic rings. The quantitative estimate of drug-likeness (QED) is 0.549. The third-order valence-corrected chi connectivity index (χ3v) is 9.88. The van der Waals surface area contributed by atoms with Crippen molar-refractivity contribution in [1.29, 1.82) is 0 Å². The van der Waals surface area contributed by atoms with Crippen LogP contribution in [0.15, 0.2) is 42.5 Å². The van der Waals surface area contributed by atoms with Gasteiger partial charge in [0.1, 0.15) is 6.04 Å². The summed E-state index contributed by atoms with van der Waals surface area (Å²) in [5.41, 5.74) is 5.09. The maximum absolute atomic E-state index is 13.4. The van der Waals surface area contributed by atoms with Crippen molar-refractivity contribution in [3.63, 3.8) is 0 Å². The van der Waals surface area contributed by atoms with E-state index in [-0.39, 0.29) is 41.7 Å². The Morgan fingerprint density at radius 2 is 1.83 bits per heavy atom. The number of nitrogens with one attached hydrogen (secondary N) is 1. The first kappa shape index (κ1) is 26.3. The van der Waals surface area contributed by atoms with E-state index in [1.807, 2.05) is 17.0 Å². The number of fused-ring (bicyclic) bond motifs is 3. The molecule has 2 unspecified atom stereocenters. The number of carbonyl (C=O) groups is 4. The fourth-order valence-electron chi connectivity index (χ4n) is 7.44. The molecule has 1 N–H and O–H groups in total. The largest absolute Gasteiger partial charge is 0.365 e. The zero-order chi connectivity index (χ0) is 28.1. The van der Waals surface area contributed by atoms with E-state index in [2.05, 4.69) is 40.5 Å². The number of likely N-dealkylation sites (tertiary alicyclic amines) is 2. The summed E-state index contributed by atoms with van der Waals surface area (Å²) in [5, 5.41) is 2.37. The summed E-state index contributed by atoms with van der Waals surface area (Å²) in [5.74, 6) is -0.568. The van der Waals surface area contributed by atoms with Crippen molar-refractivity contribution in [3.05, 3.63) is 70.3 Å². The predicted molar refractivity (Wildman–Crippen MR) is 150 cm³/mol. The second-order valence-corrected chi connectivity index (χ2v) is 12.1. The standard InChI is InChI=1S/C32H36N4O5/c37-28-11-10-26(29(38)33-28)36-19-24-21(6-3-8-23(24)30(36)39)7-4-15-34-16-12-27(34)31(40)35-17-13-32(14-18-35)25-9-2-1-5-22(25)20-41-32/h1-3,5-6,8-9,26-27H,4,7,10-20H2,(H,33,37,38). The summed E-state index contributed by atoms with van der Waals surface area (Å²) < 4.78 is 6.28. The van der Waals surface area contributed by atoms with Crippen LogP contribution >= 0.6 is 0 Å². The normalized spacial score (nSPS) is 25.2. The molecule has 9 heteroatoms. The molecule has 2 atom stereocenters. The van der Waals surface area contributed by atoms with Gasteiger partial charge < -0.3 is 14.5 Å². The average molecular weight is 557 g/mol. The number of hydrogen-bond acceptors (Lipinski definition) is 6. The molecular weight excluding hydrogens is 520 g/mol. The number of benzene rings is 2. The summed E-state index contributed by atoms with van der Waals surface area (Å²) >= 11 is 0. The monoisotopic (exact) mass is 556 g/mol. The van der Waals surface area contributed by atoms with Crippen LogP contribution in [0.5, 0.6) is 0 Å². The number of amides is 4. The maximum atomic E-state index is 13.4. The lowest BCUT2D eigenvalue weighted by molar-refractivity contribution is -0.148. The summed E-state index contributed by atoms with van der Waals surface area (Å²) in [4.78, 5) is 56.5. The minimum absolute atomic E-state index is 0.0492. The molecule has 7 rings (SSSR count). The van der Waals surface area contributed by atoms with Crippen LogP contribution in [-0.2, 0) is 44.3 Å². The lowest BCUT2D eigenvalue weighted by atomic mass is 9.83. The summed E-state index contributed by atoms with van der Waals surface area (Å²) in [6.07, 6.45) is 4.89. The zero-order valence-electron chi connectivity index (χ0n) is 23.3. The van der Waals surface area contributed by atoms with E-state index in [1.165, 1.54) is 11.1 Å². The van der Waals surface area contributed by atoms with E-state index >= 15 is 0 Å². The Bertz CT molecular complexity index is 1410. The Balaban J connectivity index is 0.929. The number of ether oxygens (including phenoxy) is 1. The topological polar surface area (TPSA) is 99.3 Å². The second-order valence-electron chi connectivity index (χ2n) is 12.1. The summed E-state index contributed by atoms with van der Waals surface area (Å²) in [6, 6.07) is 13.6. The number of hydrogen-bond donors (Lipinski definition) is 1. The Morgan fingerprint density at radius 3 is 2.61 bits per heavy atom. The van der Waals surface area contributed by atoms with Crippen LogP contribution in [0, 0.1) is 0 Å². The van der Waals surface area contributed by atoms with E-state index in [0.717, 1.165) is 69.4 Å². The molecule has 4 amide bonds. The molecule has 0 aromatic heterocycles. The van der Waals surface area contributed by atoms with Crippen LogP contribution in [0.2, 0.25) is 0 Å². The number of aryl methyl sites for hydroxylation is 1. The molecule has 214 valence electrons. The molecule has 0 radical (unpaired) electrons. The highest BCUT2D eigenvalue weighted by Gasteiger charge is 2.45. The predicted octanol–water partition coefficient (Wildman–Crippen LogP) is 2.50. The third kappa shape index (κ3) is 4.55. The molecule has 3 saturated heterocycles. The number of piperidine rings is 2. The van der Waals surface area contributed by atoms with Gasteiger partial charge in [-0.05, 0) is 73.4 Å². The van der Waals surface area contributed by atoms with Gasteiger partial charge in [-0.15, -0.1) is 0 Å². The Morgan fingerprint density at radius 1 is 1.00 bits per heavy atom. The average Bonchev–Trinajstić information content (AvgIpc) is 3.49. The molecule has 9 nitrogen and oxygen atoms in total. The minimum atomic E-state index is -0.604. The molecule has 1 spiro atoms.